The monoisotopic (exact) mass is 276 g/mol. The summed E-state index contributed by atoms with van der Waals surface area (Å²) in [4.78, 5) is 12.4. The SMILES string of the molecule is Cc1nn(C)c2n[nH]c(NC(=O)[C@@H]3CCC[C@@H]3CN)c12. The number of amides is 1. The second-order valence-corrected chi connectivity index (χ2v) is 5.53. The number of nitrogens with zero attached hydrogens (tertiary/aromatic N) is 3. The van der Waals surface area contributed by atoms with Gasteiger partial charge >= 0.3 is 0 Å². The molecule has 1 saturated carbocycles. The van der Waals surface area contributed by atoms with Crippen LogP contribution in [-0.2, 0) is 11.8 Å². The summed E-state index contributed by atoms with van der Waals surface area (Å²) in [6, 6.07) is 0. The van der Waals surface area contributed by atoms with Gasteiger partial charge in [-0.1, -0.05) is 6.42 Å². The fourth-order valence-electron chi connectivity index (χ4n) is 3.20. The molecule has 0 aliphatic heterocycles. The van der Waals surface area contributed by atoms with Crippen LogP contribution < -0.4 is 11.1 Å². The van der Waals surface area contributed by atoms with Crippen LogP contribution in [0.2, 0.25) is 0 Å². The molecule has 1 amide bonds. The summed E-state index contributed by atoms with van der Waals surface area (Å²) < 4.78 is 1.70. The van der Waals surface area contributed by atoms with Crippen LogP contribution in [-0.4, -0.2) is 32.4 Å². The van der Waals surface area contributed by atoms with Crippen molar-refractivity contribution in [3.8, 4) is 0 Å². The molecule has 1 aliphatic rings. The van der Waals surface area contributed by atoms with Crippen molar-refractivity contribution in [3.63, 3.8) is 0 Å². The molecule has 2 heterocycles. The number of nitrogens with one attached hydrogen (secondary N) is 2. The molecular formula is C13H20N6O. The van der Waals surface area contributed by atoms with E-state index < -0.39 is 0 Å². The van der Waals surface area contributed by atoms with Crippen molar-refractivity contribution in [2.75, 3.05) is 11.9 Å². The Bertz CT molecular complexity index is 643. The lowest BCUT2D eigenvalue weighted by Gasteiger charge is -2.16. The summed E-state index contributed by atoms with van der Waals surface area (Å²) in [5.74, 6) is 0.976. The van der Waals surface area contributed by atoms with E-state index in [1.807, 2.05) is 14.0 Å². The highest BCUT2D eigenvalue weighted by Crippen LogP contribution is 2.32. The van der Waals surface area contributed by atoms with Crippen molar-refractivity contribution in [1.29, 1.82) is 0 Å². The Kier molecular flexibility index (Phi) is 3.21. The Morgan fingerprint density at radius 1 is 1.55 bits per heavy atom. The van der Waals surface area contributed by atoms with E-state index in [0.29, 0.717) is 18.3 Å². The van der Waals surface area contributed by atoms with Gasteiger partial charge in [-0.2, -0.15) is 10.2 Å². The maximum atomic E-state index is 12.4. The highest BCUT2D eigenvalue weighted by molar-refractivity contribution is 6.00. The lowest BCUT2D eigenvalue weighted by molar-refractivity contribution is -0.120. The maximum Gasteiger partial charge on any atom is 0.228 e. The van der Waals surface area contributed by atoms with Gasteiger partial charge in [-0.25, -0.2) is 4.68 Å². The largest absolute Gasteiger partial charge is 0.330 e. The van der Waals surface area contributed by atoms with E-state index in [1.54, 1.807) is 4.68 Å². The van der Waals surface area contributed by atoms with Crippen LogP contribution in [0.1, 0.15) is 25.0 Å². The summed E-state index contributed by atoms with van der Waals surface area (Å²) in [7, 11) is 1.84. The van der Waals surface area contributed by atoms with Crippen molar-refractivity contribution in [2.24, 2.45) is 24.6 Å². The quantitative estimate of drug-likeness (QED) is 0.775. The van der Waals surface area contributed by atoms with Crippen molar-refractivity contribution in [1.82, 2.24) is 20.0 Å². The Morgan fingerprint density at radius 2 is 2.35 bits per heavy atom. The number of aromatic amines is 1. The van der Waals surface area contributed by atoms with E-state index in [4.69, 9.17) is 5.73 Å². The third kappa shape index (κ3) is 1.98. The van der Waals surface area contributed by atoms with Crippen LogP contribution in [0.5, 0.6) is 0 Å². The van der Waals surface area contributed by atoms with Crippen LogP contribution in [0, 0.1) is 18.8 Å². The van der Waals surface area contributed by atoms with E-state index in [2.05, 4.69) is 20.6 Å². The van der Waals surface area contributed by atoms with Gasteiger partial charge < -0.3 is 11.1 Å². The van der Waals surface area contributed by atoms with E-state index in [9.17, 15) is 4.79 Å². The maximum absolute atomic E-state index is 12.4. The van der Waals surface area contributed by atoms with Crippen LogP contribution in [0.15, 0.2) is 0 Å². The van der Waals surface area contributed by atoms with Gasteiger partial charge in [0.15, 0.2) is 5.65 Å². The van der Waals surface area contributed by atoms with Gasteiger partial charge in [0, 0.05) is 13.0 Å². The van der Waals surface area contributed by atoms with Gasteiger partial charge in [0.1, 0.15) is 5.82 Å². The first-order chi connectivity index (χ1) is 9.61. The molecule has 0 aromatic carbocycles. The number of carbonyl (C=O) groups is 1. The number of aryl methyl sites for hydroxylation is 2. The zero-order chi connectivity index (χ0) is 14.3. The third-order valence-electron chi connectivity index (χ3n) is 4.26. The number of nitrogens with two attached hydrogens (primary N) is 1. The highest BCUT2D eigenvalue weighted by atomic mass is 16.2. The lowest BCUT2D eigenvalue weighted by Crippen LogP contribution is -2.29. The number of rotatable bonds is 3. The minimum Gasteiger partial charge on any atom is -0.330 e. The molecule has 7 heteroatoms. The number of hydrogen-bond acceptors (Lipinski definition) is 4. The summed E-state index contributed by atoms with van der Waals surface area (Å²) in [6.45, 7) is 2.48. The van der Waals surface area contributed by atoms with Crippen LogP contribution in [0.3, 0.4) is 0 Å². The van der Waals surface area contributed by atoms with Gasteiger partial charge in [-0.05, 0) is 32.2 Å². The zero-order valence-electron chi connectivity index (χ0n) is 11.8. The Balaban J connectivity index is 1.84. The molecule has 7 nitrogen and oxygen atoms in total. The van der Waals surface area contributed by atoms with Crippen molar-refractivity contribution < 1.29 is 4.79 Å². The summed E-state index contributed by atoms with van der Waals surface area (Å²) >= 11 is 0. The fraction of sp³-hybridized carbons (Fsp3) is 0.615. The molecule has 0 bridgehead atoms. The second kappa shape index (κ2) is 4.90. The Hall–Kier alpha value is -1.89. The number of anilines is 1. The van der Waals surface area contributed by atoms with Gasteiger partial charge in [-0.3, -0.25) is 9.89 Å². The molecule has 0 spiro atoms. The predicted molar refractivity (Wildman–Crippen MR) is 76.1 cm³/mol. The molecule has 2 aromatic rings. The van der Waals surface area contributed by atoms with Crippen molar-refractivity contribution >= 4 is 22.8 Å². The van der Waals surface area contributed by atoms with E-state index in [1.165, 1.54) is 0 Å². The standard InChI is InChI=1S/C13H20N6O/c1-7-10-11(16-17-12(10)19(2)18-7)15-13(20)9-5-3-4-8(9)6-14/h8-9H,3-6,14H2,1-2H3,(H2,15,16,17,20)/t8-,9-/m1/s1. The lowest BCUT2D eigenvalue weighted by atomic mass is 9.95. The van der Waals surface area contributed by atoms with E-state index in [-0.39, 0.29) is 11.8 Å². The number of carbonyl (C=O) groups excluding carboxylic acids is 1. The second-order valence-electron chi connectivity index (χ2n) is 5.53. The van der Waals surface area contributed by atoms with Gasteiger partial charge in [0.05, 0.1) is 11.1 Å². The molecule has 1 fully saturated rings. The summed E-state index contributed by atoms with van der Waals surface area (Å²) in [5, 5.41) is 15.2. The number of H-pyrrole nitrogens is 1. The van der Waals surface area contributed by atoms with Crippen LogP contribution in [0.4, 0.5) is 5.82 Å². The average Bonchev–Trinajstić information content (AvgIpc) is 3.09. The van der Waals surface area contributed by atoms with Crippen molar-refractivity contribution in [2.45, 2.75) is 26.2 Å². The predicted octanol–water partition coefficient (Wildman–Crippen LogP) is 0.918. The fourth-order valence-corrected chi connectivity index (χ4v) is 3.20. The molecular weight excluding hydrogens is 256 g/mol. The first-order valence-corrected chi connectivity index (χ1v) is 7.00. The molecule has 2 atom stereocenters. The number of fused-ring (bicyclic) bond motifs is 1. The Labute approximate surface area is 116 Å². The van der Waals surface area contributed by atoms with Gasteiger partial charge in [-0.15, -0.1) is 0 Å². The molecule has 108 valence electrons. The van der Waals surface area contributed by atoms with Gasteiger partial charge in [0.25, 0.3) is 0 Å². The zero-order valence-corrected chi connectivity index (χ0v) is 11.8. The molecule has 4 N–H and O–H groups in total. The first-order valence-electron chi connectivity index (χ1n) is 7.00. The topological polar surface area (TPSA) is 102 Å². The normalized spacial score (nSPS) is 22.6. The van der Waals surface area contributed by atoms with E-state index >= 15 is 0 Å². The third-order valence-corrected chi connectivity index (χ3v) is 4.26. The summed E-state index contributed by atoms with van der Waals surface area (Å²) in [5.41, 5.74) is 7.34. The number of hydrogen-bond donors (Lipinski definition) is 3. The molecule has 1 aliphatic carbocycles. The molecule has 0 unspecified atom stereocenters. The first kappa shape index (κ1) is 13.1. The molecule has 0 radical (unpaired) electrons. The van der Waals surface area contributed by atoms with Crippen LogP contribution >= 0.6 is 0 Å². The minimum absolute atomic E-state index is 0.00956. The van der Waals surface area contributed by atoms with E-state index in [0.717, 1.165) is 36.0 Å². The summed E-state index contributed by atoms with van der Waals surface area (Å²) in [6.07, 6.45) is 3.03. The Morgan fingerprint density at radius 3 is 3.10 bits per heavy atom. The molecule has 20 heavy (non-hydrogen) atoms. The number of aromatic nitrogens is 4. The van der Waals surface area contributed by atoms with Crippen molar-refractivity contribution in [3.05, 3.63) is 5.69 Å². The molecule has 0 saturated heterocycles. The van der Waals surface area contributed by atoms with Gasteiger partial charge in [0.2, 0.25) is 5.91 Å². The van der Waals surface area contributed by atoms with Crippen LogP contribution in [0.25, 0.3) is 11.0 Å². The molecule has 2 aromatic heterocycles. The smallest absolute Gasteiger partial charge is 0.228 e. The minimum atomic E-state index is 0.00956. The molecule has 3 rings (SSSR count). The highest BCUT2D eigenvalue weighted by Gasteiger charge is 2.32. The average molecular weight is 276 g/mol.